The minimum Gasteiger partial charge on any atom is -0.496 e. The lowest BCUT2D eigenvalue weighted by molar-refractivity contribution is 0.402. The van der Waals surface area contributed by atoms with Gasteiger partial charge in [-0.2, -0.15) is 0 Å². The summed E-state index contributed by atoms with van der Waals surface area (Å²) < 4.78 is 10.6. The minimum absolute atomic E-state index is 0.0435. The molecule has 0 unspecified atom stereocenters. The van der Waals surface area contributed by atoms with Crippen molar-refractivity contribution in [3.63, 3.8) is 0 Å². The number of para-hydroxylation sites is 2. The molecule has 0 saturated heterocycles. The zero-order chi connectivity index (χ0) is 29.8. The first-order valence-electron chi connectivity index (χ1n) is 14.7. The van der Waals surface area contributed by atoms with E-state index in [1.54, 1.807) is 7.11 Å². The van der Waals surface area contributed by atoms with Crippen molar-refractivity contribution in [1.82, 2.24) is 9.13 Å². The summed E-state index contributed by atoms with van der Waals surface area (Å²) in [6.07, 6.45) is 5.87. The zero-order valence-corrected chi connectivity index (χ0v) is 25.6. The van der Waals surface area contributed by atoms with E-state index in [2.05, 4.69) is 53.2 Å². The van der Waals surface area contributed by atoms with E-state index in [-0.39, 0.29) is 11.6 Å². The Morgan fingerprint density at radius 2 is 1.73 bits per heavy atom. The highest BCUT2D eigenvalue weighted by Crippen LogP contribution is 2.43. The van der Waals surface area contributed by atoms with Crippen LogP contribution in [0.15, 0.2) is 119 Å². The number of allylic oxidation sites excluding steroid dienone is 1. The fourth-order valence-corrected chi connectivity index (χ4v) is 7.85. The average Bonchev–Trinajstić information content (AvgIpc) is 3.57. The molecule has 8 rings (SSSR count). The molecule has 0 saturated carbocycles. The van der Waals surface area contributed by atoms with Crippen molar-refractivity contribution < 1.29 is 4.74 Å². The molecule has 6 aromatic rings. The van der Waals surface area contributed by atoms with Gasteiger partial charge in [0.05, 0.1) is 23.4 Å². The van der Waals surface area contributed by atoms with Gasteiger partial charge in [0.2, 0.25) is 0 Å². The van der Waals surface area contributed by atoms with Crippen molar-refractivity contribution in [3.05, 3.63) is 161 Å². The van der Waals surface area contributed by atoms with Crippen LogP contribution in [0.3, 0.4) is 0 Å². The van der Waals surface area contributed by atoms with E-state index in [0.29, 0.717) is 15.9 Å². The molecule has 0 radical (unpaired) electrons. The Labute approximate surface area is 263 Å². The first-order chi connectivity index (χ1) is 21.6. The molecule has 44 heavy (non-hydrogen) atoms. The smallest absolute Gasteiger partial charge is 0.271 e. The molecule has 1 atom stereocenters. The van der Waals surface area contributed by atoms with Crippen LogP contribution in [-0.4, -0.2) is 16.2 Å². The number of aromatic nitrogens is 2. The molecular formula is C37H28ClN3O2S. The van der Waals surface area contributed by atoms with Crippen molar-refractivity contribution >= 4 is 45.6 Å². The Morgan fingerprint density at radius 1 is 0.955 bits per heavy atom. The van der Waals surface area contributed by atoms with Gasteiger partial charge in [0.15, 0.2) is 4.80 Å². The van der Waals surface area contributed by atoms with Crippen molar-refractivity contribution in [2.45, 2.75) is 25.4 Å². The highest BCUT2D eigenvalue weighted by atomic mass is 35.5. The molecular weight excluding hydrogens is 586 g/mol. The molecule has 4 aromatic carbocycles. The van der Waals surface area contributed by atoms with Gasteiger partial charge in [0.1, 0.15) is 5.75 Å². The summed E-state index contributed by atoms with van der Waals surface area (Å²) in [5.41, 5.74) is 8.62. The summed E-state index contributed by atoms with van der Waals surface area (Å²) in [6, 6.07) is 32.4. The number of ether oxygens (including phenoxy) is 1. The van der Waals surface area contributed by atoms with Crippen molar-refractivity contribution in [2.24, 2.45) is 4.99 Å². The number of hydrogen-bond acceptors (Lipinski definition) is 4. The predicted molar refractivity (Wildman–Crippen MR) is 178 cm³/mol. The maximum absolute atomic E-state index is 14.4. The van der Waals surface area contributed by atoms with E-state index in [1.165, 1.54) is 16.9 Å². The van der Waals surface area contributed by atoms with Crippen LogP contribution in [0.1, 0.15) is 40.3 Å². The molecule has 216 valence electrons. The molecule has 7 heteroatoms. The number of thiazole rings is 1. The van der Waals surface area contributed by atoms with E-state index in [1.807, 2.05) is 65.2 Å². The summed E-state index contributed by atoms with van der Waals surface area (Å²) in [4.78, 5) is 20.3. The number of rotatable bonds is 5. The normalized spacial score (nSPS) is 16.0. The molecule has 0 spiro atoms. The van der Waals surface area contributed by atoms with Gasteiger partial charge in [0.25, 0.3) is 5.56 Å². The molecule has 2 aromatic heterocycles. The first kappa shape index (κ1) is 26.9. The third-order valence-corrected chi connectivity index (χ3v) is 10.1. The van der Waals surface area contributed by atoms with Crippen LogP contribution in [0, 0.1) is 0 Å². The highest BCUT2D eigenvalue weighted by molar-refractivity contribution is 7.07. The Kier molecular flexibility index (Phi) is 6.62. The lowest BCUT2D eigenvalue weighted by atomic mass is 9.83. The number of fused-ring (bicyclic) bond motifs is 4. The lowest BCUT2D eigenvalue weighted by Crippen LogP contribution is -2.38. The maximum Gasteiger partial charge on any atom is 0.271 e. The fourth-order valence-electron chi connectivity index (χ4n) is 6.66. The number of methoxy groups -OCH3 is 1. The van der Waals surface area contributed by atoms with E-state index in [4.69, 9.17) is 21.3 Å². The maximum atomic E-state index is 14.4. The topological polar surface area (TPSA) is 48.5 Å². The lowest BCUT2D eigenvalue weighted by Gasteiger charge is -2.31. The fraction of sp³-hybridized carbons (Fsp3) is 0.135. The van der Waals surface area contributed by atoms with Crippen molar-refractivity contribution in [2.75, 3.05) is 7.11 Å². The number of aryl methyl sites for hydroxylation is 1. The molecule has 0 fully saturated rings. The molecule has 1 aliphatic carbocycles. The molecule has 0 bridgehead atoms. The van der Waals surface area contributed by atoms with Gasteiger partial charge in [0, 0.05) is 45.4 Å². The van der Waals surface area contributed by atoms with Crippen LogP contribution in [0.4, 0.5) is 0 Å². The van der Waals surface area contributed by atoms with Crippen LogP contribution in [0.25, 0.3) is 22.7 Å². The SMILES string of the molecule is COc1ccccc1[C@@H]1C2=C(N=c3s/c(=C\c4cn(Cc5ccccc5Cl)c5ccccc45)c(=O)n31)c1ccccc1CC2. The van der Waals surface area contributed by atoms with Crippen LogP contribution in [0.2, 0.25) is 5.02 Å². The molecule has 0 N–H and O–H groups in total. The van der Waals surface area contributed by atoms with Gasteiger partial charge in [-0.05, 0) is 53.8 Å². The monoisotopic (exact) mass is 613 g/mol. The summed E-state index contributed by atoms with van der Waals surface area (Å²) >= 11 is 7.97. The first-order valence-corrected chi connectivity index (χ1v) is 15.9. The van der Waals surface area contributed by atoms with Gasteiger partial charge < -0.3 is 9.30 Å². The summed E-state index contributed by atoms with van der Waals surface area (Å²) in [5.74, 6) is 0.766. The molecule has 3 heterocycles. The molecule has 2 aliphatic rings. The second kappa shape index (κ2) is 10.8. The predicted octanol–water partition coefficient (Wildman–Crippen LogP) is 6.98. The van der Waals surface area contributed by atoms with Crippen molar-refractivity contribution in [3.8, 4) is 5.75 Å². The molecule has 1 aliphatic heterocycles. The number of benzene rings is 4. The van der Waals surface area contributed by atoms with Gasteiger partial charge in [-0.25, -0.2) is 4.99 Å². The summed E-state index contributed by atoms with van der Waals surface area (Å²) in [7, 11) is 1.69. The quantitative estimate of drug-likeness (QED) is 0.211. The Balaban J connectivity index is 1.34. The van der Waals surface area contributed by atoms with Crippen LogP contribution in [0.5, 0.6) is 5.75 Å². The third kappa shape index (κ3) is 4.36. The van der Waals surface area contributed by atoms with Gasteiger partial charge in [-0.15, -0.1) is 0 Å². The number of hydrogen-bond donors (Lipinski definition) is 0. The second-order valence-corrected chi connectivity index (χ2v) is 12.6. The third-order valence-electron chi connectivity index (χ3n) is 8.71. The highest BCUT2D eigenvalue weighted by Gasteiger charge is 2.34. The minimum atomic E-state index is -0.297. The van der Waals surface area contributed by atoms with E-state index in [0.717, 1.165) is 68.0 Å². The standard InChI is InChI=1S/C37H28ClN3O2S/c1-43-32-17-9-6-14-28(32)35-29-19-18-23-10-2-4-13-27(23)34(29)39-37-41(35)36(42)33(44-37)20-25-22-40(31-16-8-5-12-26(25)31)21-24-11-3-7-15-30(24)38/h2-17,20,22,35H,18-19,21H2,1H3/b33-20-/t35-/m1/s1. The summed E-state index contributed by atoms with van der Waals surface area (Å²) in [5, 5.41) is 1.82. The zero-order valence-electron chi connectivity index (χ0n) is 24.0. The summed E-state index contributed by atoms with van der Waals surface area (Å²) in [6.45, 7) is 0.634. The van der Waals surface area contributed by atoms with Gasteiger partial charge in [-0.1, -0.05) is 102 Å². The van der Waals surface area contributed by atoms with E-state index < -0.39 is 0 Å². The average molecular weight is 614 g/mol. The largest absolute Gasteiger partial charge is 0.496 e. The second-order valence-electron chi connectivity index (χ2n) is 11.2. The van der Waals surface area contributed by atoms with E-state index in [9.17, 15) is 4.79 Å². The number of halogens is 1. The van der Waals surface area contributed by atoms with Crippen LogP contribution in [-0.2, 0) is 13.0 Å². The van der Waals surface area contributed by atoms with E-state index >= 15 is 0 Å². The van der Waals surface area contributed by atoms with Crippen LogP contribution < -0.4 is 19.6 Å². The number of nitrogens with zero attached hydrogens (tertiary/aromatic N) is 3. The Morgan fingerprint density at radius 3 is 2.61 bits per heavy atom. The van der Waals surface area contributed by atoms with Gasteiger partial charge >= 0.3 is 0 Å². The van der Waals surface area contributed by atoms with Gasteiger partial charge in [-0.3, -0.25) is 9.36 Å². The Bertz CT molecular complexity index is 2310. The van der Waals surface area contributed by atoms with Crippen LogP contribution >= 0.6 is 22.9 Å². The molecule has 0 amide bonds. The Hall–Kier alpha value is -4.65. The van der Waals surface area contributed by atoms with Crippen molar-refractivity contribution in [1.29, 1.82) is 0 Å². The molecule has 5 nitrogen and oxygen atoms in total.